The van der Waals surface area contributed by atoms with Crippen LogP contribution in [0.5, 0.6) is 0 Å². The van der Waals surface area contributed by atoms with Gasteiger partial charge in [-0.15, -0.1) is 0 Å². The van der Waals surface area contributed by atoms with Gasteiger partial charge in [0.1, 0.15) is 5.02 Å². The minimum absolute atomic E-state index is 0.0357. The van der Waals surface area contributed by atoms with Gasteiger partial charge >= 0.3 is 6.03 Å². The van der Waals surface area contributed by atoms with Crippen molar-refractivity contribution in [3.63, 3.8) is 0 Å². The molecule has 1 saturated heterocycles. The minimum Gasteiger partial charge on any atom is -0.378 e. The molecule has 1 aliphatic rings. The zero-order valence-corrected chi connectivity index (χ0v) is 15.4. The van der Waals surface area contributed by atoms with Crippen molar-refractivity contribution < 1.29 is 4.79 Å². The molecule has 1 aromatic heterocycles. The lowest BCUT2D eigenvalue weighted by atomic mass is 10.2. The Kier molecular flexibility index (Phi) is 5.32. The van der Waals surface area contributed by atoms with Crippen LogP contribution in [0.15, 0.2) is 35.3 Å². The standard InChI is InChI=1S/C17H21ClN6O2/c1-23(2)13-5-3-11(4-6-13)20-17(26)21-12-7-8-24(10-12)14-9-19-22-16(25)15(14)18/h3-6,9,12H,7-8,10H2,1-2H3,(H,22,25)(H2,20,21,26)/t12-/m1/s1. The maximum absolute atomic E-state index is 12.2. The molecule has 0 bridgehead atoms. The molecule has 1 aliphatic heterocycles. The highest BCUT2D eigenvalue weighted by Crippen LogP contribution is 2.24. The fraction of sp³-hybridized carbons (Fsp3) is 0.353. The number of nitrogens with one attached hydrogen (secondary N) is 3. The molecule has 0 aliphatic carbocycles. The van der Waals surface area contributed by atoms with Crippen LogP contribution in [0.1, 0.15) is 6.42 Å². The Bertz CT molecular complexity index is 836. The normalized spacial score (nSPS) is 16.4. The quantitative estimate of drug-likeness (QED) is 0.757. The first-order valence-electron chi connectivity index (χ1n) is 8.27. The van der Waals surface area contributed by atoms with Crippen molar-refractivity contribution in [3.05, 3.63) is 45.8 Å². The van der Waals surface area contributed by atoms with Crippen molar-refractivity contribution in [1.82, 2.24) is 15.5 Å². The Hall–Kier alpha value is -2.74. The number of amides is 2. The van der Waals surface area contributed by atoms with E-state index in [0.717, 1.165) is 17.8 Å². The molecule has 0 spiro atoms. The predicted octanol–water partition coefficient (Wildman–Crippen LogP) is 1.89. The second-order valence-electron chi connectivity index (χ2n) is 6.37. The number of carbonyl (C=O) groups excluding carboxylic acids is 1. The van der Waals surface area contributed by atoms with E-state index in [4.69, 9.17) is 11.6 Å². The molecule has 2 heterocycles. The summed E-state index contributed by atoms with van der Waals surface area (Å²) in [5.74, 6) is 0. The van der Waals surface area contributed by atoms with Crippen LogP contribution in [0.2, 0.25) is 5.02 Å². The van der Waals surface area contributed by atoms with E-state index >= 15 is 0 Å². The SMILES string of the molecule is CN(C)c1ccc(NC(=O)N[C@@H]2CCN(c3cn[nH]c(=O)c3Cl)C2)cc1. The molecule has 2 aromatic rings. The van der Waals surface area contributed by atoms with Crippen LogP contribution < -0.4 is 26.0 Å². The summed E-state index contributed by atoms with van der Waals surface area (Å²) < 4.78 is 0. The first-order valence-corrected chi connectivity index (χ1v) is 8.65. The summed E-state index contributed by atoms with van der Waals surface area (Å²) in [5.41, 5.74) is 1.95. The summed E-state index contributed by atoms with van der Waals surface area (Å²) in [6, 6.07) is 7.30. The van der Waals surface area contributed by atoms with Crippen LogP contribution in [0.3, 0.4) is 0 Å². The minimum atomic E-state index is -0.417. The Balaban J connectivity index is 1.56. The molecule has 0 saturated carbocycles. The number of rotatable bonds is 4. The maximum Gasteiger partial charge on any atom is 0.319 e. The van der Waals surface area contributed by atoms with Gasteiger partial charge in [0.25, 0.3) is 5.56 Å². The molecule has 0 unspecified atom stereocenters. The third-order valence-electron chi connectivity index (χ3n) is 4.28. The second-order valence-corrected chi connectivity index (χ2v) is 6.75. The highest BCUT2D eigenvalue weighted by Gasteiger charge is 2.26. The van der Waals surface area contributed by atoms with Gasteiger partial charge in [-0.2, -0.15) is 5.10 Å². The average molecular weight is 377 g/mol. The summed E-state index contributed by atoms with van der Waals surface area (Å²) in [5, 5.41) is 12.0. The number of anilines is 3. The van der Waals surface area contributed by atoms with Crippen molar-refractivity contribution in [3.8, 4) is 0 Å². The lowest BCUT2D eigenvalue weighted by Crippen LogP contribution is -2.39. The number of aromatic nitrogens is 2. The van der Waals surface area contributed by atoms with Crippen LogP contribution in [0, 0.1) is 0 Å². The Labute approximate surface area is 156 Å². The fourth-order valence-electron chi connectivity index (χ4n) is 2.89. The number of halogens is 1. The van der Waals surface area contributed by atoms with E-state index in [-0.39, 0.29) is 17.1 Å². The lowest BCUT2D eigenvalue weighted by molar-refractivity contribution is 0.249. The number of benzene rings is 1. The third kappa shape index (κ3) is 4.08. The number of hydrogen-bond donors (Lipinski definition) is 3. The van der Waals surface area contributed by atoms with Crippen LogP contribution in [-0.2, 0) is 0 Å². The number of hydrogen-bond acceptors (Lipinski definition) is 5. The van der Waals surface area contributed by atoms with Gasteiger partial charge in [-0.3, -0.25) is 4.79 Å². The molecular weight excluding hydrogens is 356 g/mol. The van der Waals surface area contributed by atoms with E-state index in [0.29, 0.717) is 18.8 Å². The van der Waals surface area contributed by atoms with Crippen molar-refractivity contribution in [1.29, 1.82) is 0 Å². The second kappa shape index (κ2) is 7.65. The van der Waals surface area contributed by atoms with E-state index in [1.807, 2.05) is 48.2 Å². The van der Waals surface area contributed by atoms with E-state index in [1.54, 1.807) is 0 Å². The van der Waals surface area contributed by atoms with E-state index < -0.39 is 5.56 Å². The molecule has 1 aromatic carbocycles. The maximum atomic E-state index is 12.2. The van der Waals surface area contributed by atoms with E-state index in [1.165, 1.54) is 6.20 Å². The molecule has 9 heteroatoms. The number of H-pyrrole nitrogens is 1. The van der Waals surface area contributed by atoms with Crippen LogP contribution in [0.25, 0.3) is 0 Å². The molecule has 1 fully saturated rings. The van der Waals surface area contributed by atoms with Crippen LogP contribution in [0.4, 0.5) is 21.9 Å². The fourth-order valence-corrected chi connectivity index (χ4v) is 3.10. The zero-order chi connectivity index (χ0) is 18.7. The Morgan fingerprint density at radius 3 is 2.77 bits per heavy atom. The first kappa shape index (κ1) is 18.1. The van der Waals surface area contributed by atoms with E-state index in [9.17, 15) is 9.59 Å². The van der Waals surface area contributed by atoms with Crippen molar-refractivity contribution in [2.45, 2.75) is 12.5 Å². The van der Waals surface area contributed by atoms with Crippen LogP contribution in [-0.4, -0.2) is 49.5 Å². The molecule has 8 nitrogen and oxygen atoms in total. The zero-order valence-electron chi connectivity index (χ0n) is 14.6. The number of urea groups is 1. The number of nitrogens with zero attached hydrogens (tertiary/aromatic N) is 3. The molecule has 3 N–H and O–H groups in total. The van der Waals surface area contributed by atoms with Crippen molar-refractivity contribution in [2.75, 3.05) is 42.3 Å². The molecule has 26 heavy (non-hydrogen) atoms. The first-order chi connectivity index (χ1) is 12.4. The van der Waals surface area contributed by atoms with Gasteiger partial charge in [-0.25, -0.2) is 9.89 Å². The lowest BCUT2D eigenvalue weighted by Gasteiger charge is -2.19. The van der Waals surface area contributed by atoms with Crippen molar-refractivity contribution in [2.24, 2.45) is 0 Å². The van der Waals surface area contributed by atoms with Gasteiger partial charge < -0.3 is 20.4 Å². The van der Waals surface area contributed by atoms with Gasteiger partial charge in [0.15, 0.2) is 0 Å². The van der Waals surface area contributed by atoms with E-state index in [2.05, 4.69) is 20.8 Å². The Morgan fingerprint density at radius 1 is 1.35 bits per heavy atom. The van der Waals surface area contributed by atoms with Gasteiger partial charge in [0.05, 0.1) is 11.9 Å². The summed E-state index contributed by atoms with van der Waals surface area (Å²) in [7, 11) is 3.92. The van der Waals surface area contributed by atoms with Crippen molar-refractivity contribution >= 4 is 34.7 Å². The third-order valence-corrected chi connectivity index (χ3v) is 4.65. The number of carbonyl (C=O) groups is 1. The monoisotopic (exact) mass is 376 g/mol. The predicted molar refractivity (Wildman–Crippen MR) is 103 cm³/mol. The molecule has 1 atom stereocenters. The van der Waals surface area contributed by atoms with Gasteiger partial charge in [-0.05, 0) is 30.7 Å². The van der Waals surface area contributed by atoms with Gasteiger partial charge in [0, 0.05) is 44.6 Å². The summed E-state index contributed by atoms with van der Waals surface area (Å²) in [6.07, 6.45) is 2.29. The Morgan fingerprint density at radius 2 is 2.08 bits per heavy atom. The average Bonchev–Trinajstić information content (AvgIpc) is 3.05. The molecule has 2 amide bonds. The highest BCUT2D eigenvalue weighted by atomic mass is 35.5. The van der Waals surface area contributed by atoms with Gasteiger partial charge in [0.2, 0.25) is 0 Å². The summed E-state index contributed by atoms with van der Waals surface area (Å²) in [4.78, 5) is 27.7. The molecule has 138 valence electrons. The number of aromatic amines is 1. The largest absolute Gasteiger partial charge is 0.378 e. The van der Waals surface area contributed by atoms with Crippen LogP contribution >= 0.6 is 11.6 Å². The highest BCUT2D eigenvalue weighted by molar-refractivity contribution is 6.33. The molecular formula is C17H21ClN6O2. The summed E-state index contributed by atoms with van der Waals surface area (Å²) in [6.45, 7) is 1.26. The topological polar surface area (TPSA) is 93.4 Å². The van der Waals surface area contributed by atoms with Gasteiger partial charge in [-0.1, -0.05) is 11.6 Å². The summed E-state index contributed by atoms with van der Waals surface area (Å²) >= 11 is 6.04. The smallest absolute Gasteiger partial charge is 0.319 e. The molecule has 3 rings (SSSR count). The molecule has 0 radical (unpaired) electrons.